The molecule has 1 N–H and O–H groups in total. The third-order valence-electron chi connectivity index (χ3n) is 3.39. The standard InChI is InChI=1S/C13H19ClN2O2S/c1-9-4-5-13(12(14)6-9)19(17,18)16-10(2)7-15-8-11(16)3/h4-6,10-11,15H,7-8H2,1-3H3. The summed E-state index contributed by atoms with van der Waals surface area (Å²) in [7, 11) is -3.55. The van der Waals surface area contributed by atoms with Gasteiger partial charge in [-0.15, -0.1) is 0 Å². The van der Waals surface area contributed by atoms with E-state index >= 15 is 0 Å². The highest BCUT2D eigenvalue weighted by Crippen LogP contribution is 2.28. The molecule has 2 rings (SSSR count). The van der Waals surface area contributed by atoms with Crippen LogP contribution in [0.3, 0.4) is 0 Å². The van der Waals surface area contributed by atoms with Gasteiger partial charge in [-0.2, -0.15) is 4.31 Å². The van der Waals surface area contributed by atoms with Gasteiger partial charge in [0.25, 0.3) is 0 Å². The van der Waals surface area contributed by atoms with Crippen LogP contribution >= 0.6 is 11.6 Å². The second-order valence-electron chi connectivity index (χ2n) is 5.13. The van der Waals surface area contributed by atoms with Gasteiger partial charge in [0.1, 0.15) is 4.90 Å². The molecule has 106 valence electrons. The Balaban J connectivity index is 2.46. The average Bonchev–Trinajstić information content (AvgIpc) is 2.27. The van der Waals surface area contributed by atoms with Crippen molar-refractivity contribution in [2.45, 2.75) is 37.8 Å². The number of halogens is 1. The van der Waals surface area contributed by atoms with E-state index in [-0.39, 0.29) is 22.0 Å². The van der Waals surface area contributed by atoms with Gasteiger partial charge in [0.2, 0.25) is 10.0 Å². The summed E-state index contributed by atoms with van der Waals surface area (Å²) in [6.45, 7) is 7.02. The molecule has 0 amide bonds. The van der Waals surface area contributed by atoms with Crippen LogP contribution in [0, 0.1) is 6.92 Å². The van der Waals surface area contributed by atoms with Crippen LogP contribution in [-0.4, -0.2) is 37.9 Å². The van der Waals surface area contributed by atoms with Crippen molar-refractivity contribution in [1.82, 2.24) is 9.62 Å². The summed E-state index contributed by atoms with van der Waals surface area (Å²) < 4.78 is 27.1. The van der Waals surface area contributed by atoms with Gasteiger partial charge in [-0.25, -0.2) is 8.42 Å². The van der Waals surface area contributed by atoms with E-state index in [0.717, 1.165) is 5.56 Å². The molecule has 0 bridgehead atoms. The van der Waals surface area contributed by atoms with Crippen LogP contribution in [0.15, 0.2) is 23.1 Å². The number of benzene rings is 1. The molecule has 4 nitrogen and oxygen atoms in total. The van der Waals surface area contributed by atoms with E-state index in [1.807, 2.05) is 20.8 Å². The fourth-order valence-electron chi connectivity index (χ4n) is 2.52. The van der Waals surface area contributed by atoms with Gasteiger partial charge in [-0.05, 0) is 38.5 Å². The predicted octanol–water partition coefficient (Wildman–Crippen LogP) is 2.02. The lowest BCUT2D eigenvalue weighted by Crippen LogP contribution is -2.57. The maximum Gasteiger partial charge on any atom is 0.245 e. The number of nitrogens with zero attached hydrogens (tertiary/aromatic N) is 1. The lowest BCUT2D eigenvalue weighted by molar-refractivity contribution is 0.220. The quantitative estimate of drug-likeness (QED) is 0.909. The maximum absolute atomic E-state index is 12.8. The topological polar surface area (TPSA) is 49.4 Å². The predicted molar refractivity (Wildman–Crippen MR) is 77.0 cm³/mol. The van der Waals surface area contributed by atoms with Crippen LogP contribution < -0.4 is 5.32 Å². The number of aryl methyl sites for hydroxylation is 1. The molecule has 0 aromatic heterocycles. The third-order valence-corrected chi connectivity index (χ3v) is 6.00. The van der Waals surface area contributed by atoms with Crippen molar-refractivity contribution in [1.29, 1.82) is 0 Å². The molecule has 0 aliphatic carbocycles. The van der Waals surface area contributed by atoms with E-state index in [2.05, 4.69) is 5.32 Å². The van der Waals surface area contributed by atoms with E-state index in [0.29, 0.717) is 13.1 Å². The molecule has 0 spiro atoms. The van der Waals surface area contributed by atoms with Crippen molar-refractivity contribution >= 4 is 21.6 Å². The van der Waals surface area contributed by atoms with Crippen LogP contribution in [0.5, 0.6) is 0 Å². The number of hydrogen-bond donors (Lipinski definition) is 1. The van der Waals surface area contributed by atoms with Crippen molar-refractivity contribution in [2.75, 3.05) is 13.1 Å². The summed E-state index contributed by atoms with van der Waals surface area (Å²) in [5.74, 6) is 0. The molecule has 1 fully saturated rings. The first kappa shape index (κ1) is 14.8. The molecule has 1 aromatic carbocycles. The Morgan fingerprint density at radius 2 is 1.84 bits per heavy atom. The summed E-state index contributed by atoms with van der Waals surface area (Å²) in [4.78, 5) is 0.195. The first-order chi connectivity index (χ1) is 8.84. The molecule has 1 aliphatic rings. The number of piperazine rings is 1. The largest absolute Gasteiger partial charge is 0.314 e. The van der Waals surface area contributed by atoms with Crippen molar-refractivity contribution in [2.24, 2.45) is 0 Å². The highest BCUT2D eigenvalue weighted by atomic mass is 35.5. The average molecular weight is 303 g/mol. The minimum absolute atomic E-state index is 0.0777. The highest BCUT2D eigenvalue weighted by Gasteiger charge is 2.36. The minimum Gasteiger partial charge on any atom is -0.314 e. The van der Waals surface area contributed by atoms with Gasteiger partial charge in [0, 0.05) is 25.2 Å². The lowest BCUT2D eigenvalue weighted by Gasteiger charge is -2.38. The van der Waals surface area contributed by atoms with Gasteiger partial charge in [0.05, 0.1) is 5.02 Å². The first-order valence-electron chi connectivity index (χ1n) is 6.34. The van der Waals surface area contributed by atoms with Gasteiger partial charge >= 0.3 is 0 Å². The summed E-state index contributed by atoms with van der Waals surface area (Å²) in [5.41, 5.74) is 0.949. The van der Waals surface area contributed by atoms with Crippen molar-refractivity contribution in [3.8, 4) is 0 Å². The normalized spacial score (nSPS) is 25.5. The van der Waals surface area contributed by atoms with E-state index in [1.165, 1.54) is 0 Å². The van der Waals surface area contributed by atoms with E-state index in [4.69, 9.17) is 11.6 Å². The Hall–Kier alpha value is -0.620. The highest BCUT2D eigenvalue weighted by molar-refractivity contribution is 7.89. The smallest absolute Gasteiger partial charge is 0.245 e. The molecule has 2 unspecified atom stereocenters. The lowest BCUT2D eigenvalue weighted by atomic mass is 10.2. The Bertz CT molecular complexity index is 564. The number of hydrogen-bond acceptors (Lipinski definition) is 3. The number of sulfonamides is 1. The second kappa shape index (κ2) is 5.40. The molecule has 1 heterocycles. The van der Waals surface area contributed by atoms with Crippen molar-refractivity contribution < 1.29 is 8.42 Å². The Labute approximate surface area is 119 Å². The molecule has 19 heavy (non-hydrogen) atoms. The molecular formula is C13H19ClN2O2S. The fraction of sp³-hybridized carbons (Fsp3) is 0.538. The molecule has 0 radical (unpaired) electrons. The Kier molecular flexibility index (Phi) is 4.20. The van der Waals surface area contributed by atoms with Crippen LogP contribution in [0.2, 0.25) is 5.02 Å². The van der Waals surface area contributed by atoms with Crippen molar-refractivity contribution in [3.05, 3.63) is 28.8 Å². The SMILES string of the molecule is Cc1ccc(S(=O)(=O)N2C(C)CNCC2C)c(Cl)c1. The van der Waals surface area contributed by atoms with Crippen molar-refractivity contribution in [3.63, 3.8) is 0 Å². The summed E-state index contributed by atoms with van der Waals surface area (Å²) >= 11 is 6.11. The van der Waals surface area contributed by atoms with E-state index < -0.39 is 10.0 Å². The monoisotopic (exact) mass is 302 g/mol. The third kappa shape index (κ3) is 2.79. The van der Waals surface area contributed by atoms with E-state index in [9.17, 15) is 8.42 Å². The zero-order chi connectivity index (χ0) is 14.2. The maximum atomic E-state index is 12.8. The second-order valence-corrected chi connectivity index (χ2v) is 7.34. The zero-order valence-electron chi connectivity index (χ0n) is 11.4. The Morgan fingerprint density at radius 3 is 2.37 bits per heavy atom. The summed E-state index contributed by atoms with van der Waals surface area (Å²) in [6.07, 6.45) is 0. The van der Waals surface area contributed by atoms with Gasteiger partial charge in [-0.3, -0.25) is 0 Å². The zero-order valence-corrected chi connectivity index (χ0v) is 12.9. The van der Waals surface area contributed by atoms with Gasteiger partial charge in [0.15, 0.2) is 0 Å². The fourth-order valence-corrected chi connectivity index (χ4v) is 4.91. The molecule has 1 aromatic rings. The molecular weight excluding hydrogens is 284 g/mol. The summed E-state index contributed by atoms with van der Waals surface area (Å²) in [5, 5.41) is 3.51. The number of nitrogens with one attached hydrogen (secondary N) is 1. The van der Waals surface area contributed by atoms with Crippen LogP contribution in [-0.2, 0) is 10.0 Å². The molecule has 0 saturated carbocycles. The molecule has 6 heteroatoms. The minimum atomic E-state index is -3.55. The van der Waals surface area contributed by atoms with E-state index in [1.54, 1.807) is 22.5 Å². The van der Waals surface area contributed by atoms with Gasteiger partial charge < -0.3 is 5.32 Å². The molecule has 1 saturated heterocycles. The molecule has 1 aliphatic heterocycles. The van der Waals surface area contributed by atoms with Crippen LogP contribution in [0.25, 0.3) is 0 Å². The van der Waals surface area contributed by atoms with Crippen LogP contribution in [0.1, 0.15) is 19.4 Å². The van der Waals surface area contributed by atoms with Gasteiger partial charge in [-0.1, -0.05) is 17.7 Å². The summed E-state index contributed by atoms with van der Waals surface area (Å²) in [6, 6.07) is 4.90. The molecule has 2 atom stereocenters. The Morgan fingerprint density at radius 1 is 1.26 bits per heavy atom. The number of rotatable bonds is 2. The first-order valence-corrected chi connectivity index (χ1v) is 8.16. The van der Waals surface area contributed by atoms with Crippen LogP contribution in [0.4, 0.5) is 0 Å².